The molecule has 0 radical (unpaired) electrons. The molecular formula is C27H27Cl2NO. The zero-order valence-electron chi connectivity index (χ0n) is 17.6. The smallest absolute Gasteiger partial charge is 0.165 e. The van der Waals surface area contributed by atoms with Crippen LogP contribution in [0.25, 0.3) is 16.7 Å². The van der Waals surface area contributed by atoms with E-state index in [1.165, 1.54) is 11.1 Å². The molecule has 31 heavy (non-hydrogen) atoms. The third-order valence-electron chi connectivity index (χ3n) is 5.80. The van der Waals surface area contributed by atoms with Gasteiger partial charge in [-0.3, -0.25) is 4.79 Å². The maximum atomic E-state index is 13.0. The number of benzene rings is 3. The number of carbonyl (C=O) groups is 1. The van der Waals surface area contributed by atoms with Crippen LogP contribution in [0.15, 0.2) is 84.9 Å². The van der Waals surface area contributed by atoms with Crippen LogP contribution in [0.4, 0.5) is 0 Å². The summed E-state index contributed by atoms with van der Waals surface area (Å²) in [5, 5.41) is 4.27. The topological polar surface area (TPSA) is 29.1 Å². The molecule has 1 aliphatic heterocycles. The highest BCUT2D eigenvalue weighted by atomic mass is 35.5. The van der Waals surface area contributed by atoms with Crippen LogP contribution >= 0.6 is 24.0 Å². The standard InChI is InChI=1S/C27H26ClNO.ClH/c1-19(17-26-18-24(15-16-29-26)20-5-3-2-4-6-20)27(30)23-9-7-21(8-10-23)22-11-13-25(28)14-12-22;/h2-15,19,26,29H,16-18H2,1H3;1H. The minimum atomic E-state index is -0.0287. The zero-order valence-corrected chi connectivity index (χ0v) is 19.1. The fraction of sp³-hybridized carbons (Fsp3) is 0.222. The molecule has 3 aromatic carbocycles. The van der Waals surface area contributed by atoms with Crippen LogP contribution in [0, 0.1) is 5.92 Å². The van der Waals surface area contributed by atoms with E-state index in [4.69, 9.17) is 11.6 Å². The summed E-state index contributed by atoms with van der Waals surface area (Å²) in [6.07, 6.45) is 4.05. The van der Waals surface area contributed by atoms with Gasteiger partial charge in [0.2, 0.25) is 0 Å². The number of hydrogen-bond donors (Lipinski definition) is 1. The summed E-state index contributed by atoms with van der Waals surface area (Å²) >= 11 is 5.97. The van der Waals surface area contributed by atoms with Crippen molar-refractivity contribution in [3.05, 3.63) is 101 Å². The highest BCUT2D eigenvalue weighted by Gasteiger charge is 2.23. The third kappa shape index (κ3) is 5.86. The first-order chi connectivity index (χ1) is 14.6. The van der Waals surface area contributed by atoms with Gasteiger partial charge in [-0.2, -0.15) is 0 Å². The van der Waals surface area contributed by atoms with Gasteiger partial charge in [-0.05, 0) is 47.2 Å². The van der Waals surface area contributed by atoms with Crippen LogP contribution < -0.4 is 5.32 Å². The number of nitrogens with one attached hydrogen (secondary N) is 1. The molecule has 4 heteroatoms. The number of halogens is 2. The second-order valence-corrected chi connectivity index (χ2v) is 8.43. The van der Waals surface area contributed by atoms with E-state index in [1.54, 1.807) is 0 Å². The Hall–Kier alpha value is -2.39. The molecule has 4 rings (SSSR count). The summed E-state index contributed by atoms with van der Waals surface area (Å²) in [7, 11) is 0. The summed E-state index contributed by atoms with van der Waals surface area (Å²) in [4.78, 5) is 13.0. The Morgan fingerprint density at radius 2 is 1.55 bits per heavy atom. The Morgan fingerprint density at radius 1 is 0.935 bits per heavy atom. The quantitative estimate of drug-likeness (QED) is 0.405. The Balaban J connectivity index is 0.00000272. The van der Waals surface area contributed by atoms with Gasteiger partial charge in [-0.1, -0.05) is 91.3 Å². The van der Waals surface area contributed by atoms with E-state index < -0.39 is 0 Å². The lowest BCUT2D eigenvalue weighted by molar-refractivity contribution is 0.0916. The van der Waals surface area contributed by atoms with Crippen molar-refractivity contribution in [3.63, 3.8) is 0 Å². The van der Waals surface area contributed by atoms with Crippen molar-refractivity contribution in [1.29, 1.82) is 0 Å². The van der Waals surface area contributed by atoms with Gasteiger partial charge in [0.15, 0.2) is 5.78 Å². The summed E-state index contributed by atoms with van der Waals surface area (Å²) in [6.45, 7) is 2.89. The summed E-state index contributed by atoms with van der Waals surface area (Å²) in [5.74, 6) is 0.175. The van der Waals surface area contributed by atoms with Crippen LogP contribution in [0.1, 0.15) is 35.7 Å². The normalized spacial score (nSPS) is 16.7. The lowest BCUT2D eigenvalue weighted by atomic mass is 9.87. The molecule has 0 fully saturated rings. The first-order valence-corrected chi connectivity index (χ1v) is 10.9. The number of carbonyl (C=O) groups excluding carboxylic acids is 1. The van der Waals surface area contributed by atoms with Crippen molar-refractivity contribution in [2.24, 2.45) is 5.92 Å². The lowest BCUT2D eigenvalue weighted by Crippen LogP contribution is -2.35. The van der Waals surface area contributed by atoms with Gasteiger partial charge < -0.3 is 5.32 Å². The molecule has 1 aliphatic rings. The van der Waals surface area contributed by atoms with Gasteiger partial charge in [0, 0.05) is 29.1 Å². The van der Waals surface area contributed by atoms with Crippen molar-refractivity contribution in [2.75, 3.05) is 6.54 Å². The van der Waals surface area contributed by atoms with Gasteiger partial charge in [-0.25, -0.2) is 0 Å². The van der Waals surface area contributed by atoms with Gasteiger partial charge >= 0.3 is 0 Å². The predicted octanol–water partition coefficient (Wildman–Crippen LogP) is 7.08. The largest absolute Gasteiger partial charge is 0.310 e. The van der Waals surface area contributed by atoms with Crippen LogP contribution in [0.3, 0.4) is 0 Å². The lowest BCUT2D eigenvalue weighted by Gasteiger charge is -2.26. The van der Waals surface area contributed by atoms with Crippen LogP contribution in [0.2, 0.25) is 5.02 Å². The molecule has 2 unspecified atom stereocenters. The maximum Gasteiger partial charge on any atom is 0.165 e. The van der Waals surface area contributed by atoms with Crippen molar-refractivity contribution in [1.82, 2.24) is 5.32 Å². The first kappa shape index (κ1) is 23.3. The van der Waals surface area contributed by atoms with Gasteiger partial charge in [0.25, 0.3) is 0 Å². The summed E-state index contributed by atoms with van der Waals surface area (Å²) in [5.41, 5.74) is 5.60. The second kappa shape index (κ2) is 10.8. The average molecular weight is 452 g/mol. The number of hydrogen-bond acceptors (Lipinski definition) is 2. The van der Waals surface area contributed by atoms with E-state index in [0.717, 1.165) is 41.1 Å². The molecule has 0 saturated carbocycles. The van der Waals surface area contributed by atoms with E-state index in [9.17, 15) is 4.79 Å². The maximum absolute atomic E-state index is 13.0. The Bertz CT molecular complexity index is 1030. The molecule has 0 saturated heterocycles. The molecule has 1 N–H and O–H groups in total. The fourth-order valence-corrected chi connectivity index (χ4v) is 4.24. The van der Waals surface area contributed by atoms with E-state index in [0.29, 0.717) is 6.04 Å². The fourth-order valence-electron chi connectivity index (χ4n) is 4.11. The predicted molar refractivity (Wildman–Crippen MR) is 133 cm³/mol. The highest BCUT2D eigenvalue weighted by Crippen LogP contribution is 2.27. The van der Waals surface area contributed by atoms with Crippen molar-refractivity contribution < 1.29 is 4.79 Å². The Morgan fingerprint density at radius 3 is 2.19 bits per heavy atom. The Kier molecular flexibility index (Phi) is 8.09. The molecule has 160 valence electrons. The minimum Gasteiger partial charge on any atom is -0.310 e. The SMILES string of the molecule is CC(CC1CC(c2ccccc2)=CCN1)C(=O)c1ccc(-c2ccc(Cl)cc2)cc1.Cl. The molecular weight excluding hydrogens is 425 g/mol. The number of rotatable bonds is 6. The highest BCUT2D eigenvalue weighted by molar-refractivity contribution is 6.30. The minimum absolute atomic E-state index is 0. The summed E-state index contributed by atoms with van der Waals surface area (Å²) < 4.78 is 0. The second-order valence-electron chi connectivity index (χ2n) is 7.99. The molecule has 0 spiro atoms. The van der Waals surface area contributed by atoms with Crippen LogP contribution in [-0.2, 0) is 0 Å². The van der Waals surface area contributed by atoms with Crippen LogP contribution in [0.5, 0.6) is 0 Å². The van der Waals surface area contributed by atoms with Crippen molar-refractivity contribution in [2.45, 2.75) is 25.8 Å². The first-order valence-electron chi connectivity index (χ1n) is 10.5. The summed E-state index contributed by atoms with van der Waals surface area (Å²) in [6, 6.07) is 26.5. The molecule has 2 atom stereocenters. The van der Waals surface area contributed by atoms with Crippen LogP contribution in [-0.4, -0.2) is 18.4 Å². The molecule has 2 nitrogen and oxygen atoms in total. The van der Waals surface area contributed by atoms with E-state index in [-0.39, 0.29) is 24.1 Å². The molecule has 0 aliphatic carbocycles. The zero-order chi connectivity index (χ0) is 20.9. The Labute approximate surface area is 195 Å². The van der Waals surface area contributed by atoms with Crippen molar-refractivity contribution >= 4 is 35.4 Å². The molecule has 1 heterocycles. The van der Waals surface area contributed by atoms with Gasteiger partial charge in [0.1, 0.15) is 0 Å². The monoisotopic (exact) mass is 451 g/mol. The van der Waals surface area contributed by atoms with E-state index in [2.05, 4.69) is 35.7 Å². The average Bonchev–Trinajstić information content (AvgIpc) is 2.80. The third-order valence-corrected chi connectivity index (χ3v) is 6.05. The molecule has 0 bridgehead atoms. The number of Topliss-reactive ketones (excluding diaryl/α,β-unsaturated/α-hetero) is 1. The molecule has 3 aromatic rings. The van der Waals surface area contributed by atoms with E-state index >= 15 is 0 Å². The van der Waals surface area contributed by atoms with E-state index in [1.807, 2.05) is 61.5 Å². The van der Waals surface area contributed by atoms with Gasteiger partial charge in [-0.15, -0.1) is 12.4 Å². The molecule has 0 aromatic heterocycles. The van der Waals surface area contributed by atoms with Gasteiger partial charge in [0.05, 0.1) is 0 Å². The number of ketones is 1. The molecule has 0 amide bonds. The van der Waals surface area contributed by atoms with Crippen molar-refractivity contribution in [3.8, 4) is 11.1 Å².